The van der Waals surface area contributed by atoms with E-state index in [1.807, 2.05) is 19.9 Å². The largest absolute Gasteiger partial charge is 0.481 e. The number of Topliss-reactive ketones (excluding diaryl/α,β-unsaturated/α-hetero) is 1. The predicted octanol–water partition coefficient (Wildman–Crippen LogP) is 3.11. The number of nitrogens with two attached hydrogens (primary N) is 1. The second-order valence-corrected chi connectivity index (χ2v) is 7.80. The molecular weight excluding hydrogens is 374 g/mol. The molecule has 1 aliphatic carbocycles. The molecule has 0 saturated carbocycles. The molecule has 150 valence electrons. The Hall–Kier alpha value is -3.35. The number of anilines is 1. The van der Waals surface area contributed by atoms with Crippen LogP contribution in [0.3, 0.4) is 0 Å². The Labute approximate surface area is 167 Å². The maximum atomic E-state index is 13.7. The van der Waals surface area contributed by atoms with Gasteiger partial charge in [-0.1, -0.05) is 38.1 Å². The number of carboxylic acids is 1. The summed E-state index contributed by atoms with van der Waals surface area (Å²) in [5.74, 6) is -3.84. The summed E-state index contributed by atoms with van der Waals surface area (Å²) in [7, 11) is 0. The van der Waals surface area contributed by atoms with Gasteiger partial charge in [-0.25, -0.2) is 0 Å². The molecule has 2 atom stereocenters. The van der Waals surface area contributed by atoms with Crippen LogP contribution < -0.4 is 10.5 Å². The van der Waals surface area contributed by atoms with Crippen molar-refractivity contribution < 1.29 is 29.0 Å². The van der Waals surface area contributed by atoms with Crippen LogP contribution in [0.1, 0.15) is 60.2 Å². The number of fused-ring (bicyclic) bond motifs is 5. The molecule has 0 saturated heterocycles. The summed E-state index contributed by atoms with van der Waals surface area (Å²) in [6.07, 6.45) is -0.610. The van der Waals surface area contributed by atoms with Crippen molar-refractivity contribution in [3.05, 3.63) is 58.7 Å². The Morgan fingerprint density at radius 1 is 1.21 bits per heavy atom. The molecule has 4 rings (SSSR count). The average Bonchev–Trinajstić information content (AvgIpc) is 2.99. The van der Waals surface area contributed by atoms with Crippen molar-refractivity contribution in [3.63, 3.8) is 0 Å². The van der Waals surface area contributed by atoms with Crippen LogP contribution in [0.2, 0.25) is 0 Å². The van der Waals surface area contributed by atoms with Gasteiger partial charge in [-0.15, -0.1) is 0 Å². The zero-order chi connectivity index (χ0) is 21.1. The average molecular weight is 395 g/mol. The Bertz CT molecular complexity index is 1070. The minimum Gasteiger partial charge on any atom is -0.481 e. The lowest BCUT2D eigenvalue weighted by molar-refractivity contribution is -0.212. The zero-order valence-electron chi connectivity index (χ0n) is 16.3. The number of aliphatic carboxylic acids is 1. The molecule has 0 aromatic heterocycles. The summed E-state index contributed by atoms with van der Waals surface area (Å²) in [6, 6.07) is 10.1. The summed E-state index contributed by atoms with van der Waals surface area (Å²) in [4.78, 5) is 37.7. The van der Waals surface area contributed by atoms with Gasteiger partial charge in [0, 0.05) is 18.2 Å². The van der Waals surface area contributed by atoms with Crippen LogP contribution in [0.4, 0.5) is 5.69 Å². The molecule has 2 unspecified atom stereocenters. The number of carbonyl (C=O) groups excluding carboxylic acids is 2. The highest BCUT2D eigenvalue weighted by atomic mass is 16.7. The van der Waals surface area contributed by atoms with Gasteiger partial charge in [0.1, 0.15) is 5.75 Å². The van der Waals surface area contributed by atoms with Gasteiger partial charge in [0.2, 0.25) is 0 Å². The molecule has 2 aromatic carbocycles. The number of carboxylic acid groups (broad SMARTS) is 1. The summed E-state index contributed by atoms with van der Waals surface area (Å²) < 4.78 is 11.9. The van der Waals surface area contributed by atoms with Crippen molar-refractivity contribution in [1.82, 2.24) is 0 Å². The number of carbonyl (C=O) groups is 3. The molecule has 0 bridgehead atoms. The summed E-state index contributed by atoms with van der Waals surface area (Å²) in [5, 5.41) is 9.72. The predicted molar refractivity (Wildman–Crippen MR) is 104 cm³/mol. The molecular formula is C22H21NO6. The van der Waals surface area contributed by atoms with Gasteiger partial charge in [0.25, 0.3) is 5.79 Å². The SMILES string of the molecule is CC(=O)OC12Oc3cc(C(C)C)ccc3C1(CC(=O)O)C(=O)c1c(N)cccc12. The Kier molecular flexibility index (Phi) is 3.98. The first-order chi connectivity index (χ1) is 13.6. The van der Waals surface area contributed by atoms with Gasteiger partial charge < -0.3 is 20.3 Å². The van der Waals surface area contributed by atoms with E-state index in [9.17, 15) is 19.5 Å². The first-order valence-corrected chi connectivity index (χ1v) is 9.32. The molecule has 29 heavy (non-hydrogen) atoms. The van der Waals surface area contributed by atoms with Crippen molar-refractivity contribution in [2.45, 2.75) is 44.3 Å². The van der Waals surface area contributed by atoms with Gasteiger partial charge in [0.15, 0.2) is 11.2 Å². The normalized spacial score (nSPS) is 23.9. The highest BCUT2D eigenvalue weighted by Crippen LogP contribution is 2.63. The Balaban J connectivity index is 2.08. The minimum absolute atomic E-state index is 0.133. The monoisotopic (exact) mass is 395 g/mol. The van der Waals surface area contributed by atoms with E-state index in [-0.39, 0.29) is 22.7 Å². The molecule has 7 nitrogen and oxygen atoms in total. The minimum atomic E-state index is -1.92. The zero-order valence-corrected chi connectivity index (χ0v) is 16.3. The van der Waals surface area contributed by atoms with E-state index in [0.29, 0.717) is 11.3 Å². The van der Waals surface area contributed by atoms with E-state index in [4.69, 9.17) is 15.2 Å². The quantitative estimate of drug-likeness (QED) is 0.603. The molecule has 0 fully saturated rings. The van der Waals surface area contributed by atoms with E-state index < -0.39 is 35.3 Å². The maximum absolute atomic E-state index is 13.7. The summed E-state index contributed by atoms with van der Waals surface area (Å²) >= 11 is 0. The Morgan fingerprint density at radius 3 is 2.55 bits per heavy atom. The number of benzene rings is 2. The van der Waals surface area contributed by atoms with Crippen molar-refractivity contribution in [2.75, 3.05) is 5.73 Å². The lowest BCUT2D eigenvalue weighted by atomic mass is 9.71. The molecule has 7 heteroatoms. The number of hydrogen-bond acceptors (Lipinski definition) is 6. The van der Waals surface area contributed by atoms with E-state index in [1.165, 1.54) is 6.92 Å². The highest BCUT2D eigenvalue weighted by molar-refractivity contribution is 6.15. The number of hydrogen-bond donors (Lipinski definition) is 2. The lowest BCUT2D eigenvalue weighted by Crippen LogP contribution is -2.52. The lowest BCUT2D eigenvalue weighted by Gasteiger charge is -2.36. The van der Waals surface area contributed by atoms with Crippen LogP contribution in [0.15, 0.2) is 36.4 Å². The van der Waals surface area contributed by atoms with Gasteiger partial charge in [-0.3, -0.25) is 14.4 Å². The molecule has 1 heterocycles. The number of nitrogen functional groups attached to an aromatic ring is 1. The summed E-state index contributed by atoms with van der Waals surface area (Å²) in [5.41, 5.74) is 6.22. The second kappa shape index (κ2) is 6.07. The fraction of sp³-hybridized carbons (Fsp3) is 0.318. The van der Waals surface area contributed by atoms with Crippen LogP contribution in [-0.2, 0) is 25.5 Å². The number of ketones is 1. The van der Waals surface area contributed by atoms with Crippen molar-refractivity contribution in [2.24, 2.45) is 0 Å². The molecule has 0 amide bonds. The van der Waals surface area contributed by atoms with E-state index >= 15 is 0 Å². The fourth-order valence-corrected chi connectivity index (χ4v) is 4.51. The fourth-order valence-electron chi connectivity index (χ4n) is 4.51. The molecule has 2 aliphatic rings. The third-order valence-corrected chi connectivity index (χ3v) is 5.72. The first-order valence-electron chi connectivity index (χ1n) is 9.32. The second-order valence-electron chi connectivity index (χ2n) is 7.80. The van der Waals surface area contributed by atoms with Gasteiger partial charge in [-0.05, 0) is 23.6 Å². The number of ether oxygens (including phenoxy) is 2. The third kappa shape index (κ3) is 2.33. The molecule has 1 aliphatic heterocycles. The van der Waals surface area contributed by atoms with Crippen LogP contribution in [0.25, 0.3) is 0 Å². The van der Waals surface area contributed by atoms with Crippen LogP contribution in [0.5, 0.6) is 5.75 Å². The van der Waals surface area contributed by atoms with Gasteiger partial charge in [0.05, 0.1) is 17.5 Å². The van der Waals surface area contributed by atoms with Crippen LogP contribution >= 0.6 is 0 Å². The molecule has 2 aromatic rings. The maximum Gasteiger partial charge on any atom is 0.306 e. The van der Waals surface area contributed by atoms with Gasteiger partial charge >= 0.3 is 11.9 Å². The van der Waals surface area contributed by atoms with Crippen molar-refractivity contribution in [1.29, 1.82) is 0 Å². The first kappa shape index (κ1) is 19.0. The third-order valence-electron chi connectivity index (χ3n) is 5.72. The molecule has 0 radical (unpaired) electrons. The topological polar surface area (TPSA) is 116 Å². The molecule has 3 N–H and O–H groups in total. The smallest absolute Gasteiger partial charge is 0.306 e. The van der Waals surface area contributed by atoms with E-state index in [0.717, 1.165) is 5.56 Å². The van der Waals surface area contributed by atoms with Gasteiger partial charge in [-0.2, -0.15) is 0 Å². The standard InChI is InChI=1S/C22H21NO6/c1-11(2)13-7-8-14-17(9-13)29-22(28-12(3)24)15-5-4-6-16(23)19(15)20(27)21(14,22)10-18(25)26/h4-9,11H,10,23H2,1-3H3,(H,25,26). The number of rotatable bonds is 4. The highest BCUT2D eigenvalue weighted by Gasteiger charge is 2.74. The summed E-state index contributed by atoms with van der Waals surface area (Å²) in [6.45, 7) is 5.21. The van der Waals surface area contributed by atoms with Crippen molar-refractivity contribution >= 4 is 23.4 Å². The molecule has 0 spiro atoms. The van der Waals surface area contributed by atoms with Crippen molar-refractivity contribution in [3.8, 4) is 5.75 Å². The number of esters is 1. The van der Waals surface area contributed by atoms with Crippen LogP contribution in [-0.4, -0.2) is 22.8 Å². The van der Waals surface area contributed by atoms with Crippen LogP contribution in [0, 0.1) is 0 Å². The van der Waals surface area contributed by atoms with E-state index in [2.05, 4.69) is 0 Å². The Morgan fingerprint density at radius 2 is 1.93 bits per heavy atom. The van der Waals surface area contributed by atoms with E-state index in [1.54, 1.807) is 30.3 Å².